The molecule has 2 aromatic rings. The highest BCUT2D eigenvalue weighted by molar-refractivity contribution is 5.96. The molecular weight excluding hydrogens is 336 g/mol. The molecule has 0 saturated carbocycles. The first kappa shape index (κ1) is 18.6. The number of benzene rings is 1. The van der Waals surface area contributed by atoms with Crippen LogP contribution in [-0.4, -0.2) is 30.0 Å². The number of aryl methyl sites for hydroxylation is 1. The maximum Gasteiger partial charge on any atom is 0.161 e. The summed E-state index contributed by atoms with van der Waals surface area (Å²) >= 11 is 0. The summed E-state index contributed by atoms with van der Waals surface area (Å²) in [6, 6.07) is 8.73. The maximum atomic E-state index is 11.0. The van der Waals surface area contributed by atoms with Crippen molar-refractivity contribution >= 4 is 12.0 Å². The van der Waals surface area contributed by atoms with Gasteiger partial charge in [-0.15, -0.1) is 0 Å². The number of aliphatic carboxylic acids is 1. The molecule has 1 heterocycles. The van der Waals surface area contributed by atoms with E-state index in [4.69, 9.17) is 20.0 Å². The zero-order chi connectivity index (χ0) is 19.1. The number of rotatable bonds is 7. The lowest BCUT2D eigenvalue weighted by molar-refractivity contribution is -0.298. The van der Waals surface area contributed by atoms with E-state index in [1.807, 2.05) is 6.07 Å². The lowest BCUT2D eigenvalue weighted by atomic mass is 10.1. The van der Waals surface area contributed by atoms with Crippen molar-refractivity contribution in [3.63, 3.8) is 0 Å². The fraction of sp³-hybridized carbons (Fsp3) is 0.222. The van der Waals surface area contributed by atoms with Crippen LogP contribution in [0.25, 0.3) is 17.3 Å². The third-order valence-electron chi connectivity index (χ3n) is 3.54. The quantitative estimate of drug-likeness (QED) is 0.541. The van der Waals surface area contributed by atoms with Crippen molar-refractivity contribution in [1.29, 1.82) is 10.5 Å². The van der Waals surface area contributed by atoms with Gasteiger partial charge in [-0.1, -0.05) is 0 Å². The number of aromatic nitrogens is 2. The van der Waals surface area contributed by atoms with Crippen LogP contribution in [0.15, 0.2) is 30.0 Å². The molecule has 0 saturated heterocycles. The fourth-order valence-electron chi connectivity index (χ4n) is 2.32. The van der Waals surface area contributed by atoms with Crippen LogP contribution < -0.4 is 14.6 Å². The summed E-state index contributed by atoms with van der Waals surface area (Å²) in [6.45, 7) is 0.331. The van der Waals surface area contributed by atoms with Crippen molar-refractivity contribution in [2.24, 2.45) is 0 Å². The van der Waals surface area contributed by atoms with Crippen molar-refractivity contribution in [1.82, 2.24) is 9.78 Å². The Balaban J connectivity index is 2.59. The van der Waals surface area contributed by atoms with E-state index in [0.717, 1.165) is 0 Å². The summed E-state index contributed by atoms with van der Waals surface area (Å²) in [4.78, 5) is 11.0. The van der Waals surface area contributed by atoms with Crippen molar-refractivity contribution < 1.29 is 19.4 Å². The first-order valence-corrected chi connectivity index (χ1v) is 7.54. The summed E-state index contributed by atoms with van der Waals surface area (Å²) in [6.07, 6.45) is 3.00. The summed E-state index contributed by atoms with van der Waals surface area (Å²) < 4.78 is 12.0. The predicted octanol–water partition coefficient (Wildman–Crippen LogP) is 1.14. The van der Waals surface area contributed by atoms with Gasteiger partial charge in [0.25, 0.3) is 0 Å². The highest BCUT2D eigenvalue weighted by Crippen LogP contribution is 2.33. The van der Waals surface area contributed by atoms with Crippen molar-refractivity contribution in [3.8, 4) is 34.9 Å². The van der Waals surface area contributed by atoms with Gasteiger partial charge in [-0.25, -0.2) is 0 Å². The number of carbonyl (C=O) groups excluding carboxylic acids is 1. The van der Waals surface area contributed by atoms with Crippen LogP contribution in [0, 0.1) is 22.7 Å². The molecule has 0 unspecified atom stereocenters. The monoisotopic (exact) mass is 351 g/mol. The van der Waals surface area contributed by atoms with Crippen LogP contribution in [0.4, 0.5) is 0 Å². The molecule has 0 spiro atoms. The molecule has 0 N–H and O–H groups in total. The van der Waals surface area contributed by atoms with Gasteiger partial charge in [-0.2, -0.15) is 15.6 Å². The Kier molecular flexibility index (Phi) is 5.96. The summed E-state index contributed by atoms with van der Waals surface area (Å²) in [5.74, 6) is -0.563. The molecule has 26 heavy (non-hydrogen) atoms. The van der Waals surface area contributed by atoms with Gasteiger partial charge in [0.2, 0.25) is 0 Å². The first-order chi connectivity index (χ1) is 12.5. The highest BCUT2D eigenvalue weighted by Gasteiger charge is 2.14. The summed E-state index contributed by atoms with van der Waals surface area (Å²) in [5.41, 5.74) is 0.973. The number of nitriles is 2. The number of ether oxygens (including phenoxy) is 2. The van der Waals surface area contributed by atoms with Gasteiger partial charge in [0.15, 0.2) is 11.5 Å². The minimum atomic E-state index is -1.57. The molecule has 0 aliphatic heterocycles. The van der Waals surface area contributed by atoms with Gasteiger partial charge >= 0.3 is 0 Å². The predicted molar refractivity (Wildman–Crippen MR) is 89.6 cm³/mol. The lowest BCUT2D eigenvalue weighted by Crippen LogP contribution is -2.23. The number of nitrogens with zero attached hydrogens (tertiary/aromatic N) is 4. The second-order valence-corrected chi connectivity index (χ2v) is 5.13. The number of carbonyl (C=O) groups is 1. The number of methoxy groups -OCH3 is 2. The van der Waals surface area contributed by atoms with Gasteiger partial charge in [-0.05, 0) is 24.3 Å². The second kappa shape index (κ2) is 8.36. The molecular formula is C18H15N4O4-. The fourth-order valence-corrected chi connectivity index (χ4v) is 2.32. The van der Waals surface area contributed by atoms with Crippen molar-refractivity contribution in [2.45, 2.75) is 13.0 Å². The normalized spacial score (nSPS) is 10.7. The zero-order valence-electron chi connectivity index (χ0n) is 14.2. The van der Waals surface area contributed by atoms with Crippen LogP contribution in [0.3, 0.4) is 0 Å². The van der Waals surface area contributed by atoms with Gasteiger partial charge < -0.3 is 19.4 Å². The van der Waals surface area contributed by atoms with Gasteiger partial charge in [0.1, 0.15) is 6.07 Å². The molecule has 0 aliphatic carbocycles. The highest BCUT2D eigenvalue weighted by atomic mass is 16.5. The lowest BCUT2D eigenvalue weighted by Gasteiger charge is -2.09. The number of carboxylic acid groups (broad SMARTS) is 1. The minimum absolute atomic E-state index is 0.238. The van der Waals surface area contributed by atoms with Crippen LogP contribution in [0.5, 0.6) is 11.5 Å². The molecule has 8 nitrogen and oxygen atoms in total. The molecule has 0 bridgehead atoms. The SMILES string of the molecule is COc1ccc(-c2nn(CCC#N)cc2/C=C(/C#N)C(=O)[O-])cc1OC. The summed E-state index contributed by atoms with van der Waals surface area (Å²) in [5, 5.41) is 33.1. The van der Waals surface area contributed by atoms with Crippen molar-refractivity contribution in [3.05, 3.63) is 35.5 Å². The Morgan fingerprint density at radius 1 is 1.31 bits per heavy atom. The van der Waals surface area contributed by atoms with Gasteiger partial charge in [0.05, 0.1) is 50.5 Å². The Labute approximate surface area is 150 Å². The van der Waals surface area contributed by atoms with Crippen LogP contribution >= 0.6 is 0 Å². The molecule has 0 amide bonds. The molecule has 1 aromatic carbocycles. The molecule has 0 radical (unpaired) electrons. The number of hydrogen-bond donors (Lipinski definition) is 0. The van der Waals surface area contributed by atoms with Crippen molar-refractivity contribution in [2.75, 3.05) is 14.2 Å². The largest absolute Gasteiger partial charge is 0.544 e. The van der Waals surface area contributed by atoms with E-state index in [1.165, 1.54) is 25.0 Å². The standard InChI is InChI=1S/C18H16N4O4/c1-25-15-5-4-12(9-16(15)26-2)17-14(8-13(10-20)18(23)24)11-22(21-17)7-3-6-19/h4-5,8-9,11H,3,7H2,1-2H3,(H,23,24)/p-1/b13-8-. The third kappa shape index (κ3) is 4.00. The molecule has 0 aliphatic rings. The Hall–Kier alpha value is -3.78. The van der Waals surface area contributed by atoms with E-state index < -0.39 is 11.5 Å². The third-order valence-corrected chi connectivity index (χ3v) is 3.54. The van der Waals surface area contributed by atoms with E-state index in [0.29, 0.717) is 34.9 Å². The second-order valence-electron chi connectivity index (χ2n) is 5.13. The Morgan fingerprint density at radius 3 is 2.62 bits per heavy atom. The van der Waals surface area contributed by atoms with E-state index in [2.05, 4.69) is 5.10 Å². The van der Waals surface area contributed by atoms with Gasteiger partial charge in [0, 0.05) is 17.3 Å². The van der Waals surface area contributed by atoms with E-state index >= 15 is 0 Å². The number of hydrogen-bond acceptors (Lipinski definition) is 7. The topological polar surface area (TPSA) is 124 Å². The molecule has 1 aromatic heterocycles. The van der Waals surface area contributed by atoms with Crippen LogP contribution in [-0.2, 0) is 11.3 Å². The molecule has 0 atom stereocenters. The first-order valence-electron chi connectivity index (χ1n) is 7.54. The molecule has 132 valence electrons. The minimum Gasteiger partial charge on any atom is -0.544 e. The van der Waals surface area contributed by atoms with Crippen LogP contribution in [0.1, 0.15) is 12.0 Å². The van der Waals surface area contributed by atoms with E-state index in [1.54, 1.807) is 30.5 Å². The molecule has 8 heteroatoms. The van der Waals surface area contributed by atoms with Crippen LogP contribution in [0.2, 0.25) is 0 Å². The average Bonchev–Trinajstić information content (AvgIpc) is 3.06. The van der Waals surface area contributed by atoms with E-state index in [9.17, 15) is 9.90 Å². The zero-order valence-corrected chi connectivity index (χ0v) is 14.2. The maximum absolute atomic E-state index is 11.0. The molecule has 2 rings (SSSR count). The summed E-state index contributed by atoms with van der Waals surface area (Å²) in [7, 11) is 3.01. The van der Waals surface area contributed by atoms with E-state index in [-0.39, 0.29) is 6.42 Å². The Morgan fingerprint density at radius 2 is 2.04 bits per heavy atom. The number of carboxylic acids is 1. The van der Waals surface area contributed by atoms with Gasteiger partial charge in [-0.3, -0.25) is 4.68 Å². The Bertz CT molecular complexity index is 932. The smallest absolute Gasteiger partial charge is 0.161 e. The molecule has 0 fully saturated rings. The average molecular weight is 351 g/mol.